The molecule has 5 nitrogen and oxygen atoms in total. The molecule has 2 heterocycles. The van der Waals surface area contributed by atoms with Crippen molar-refractivity contribution in [2.24, 2.45) is 0 Å². The van der Waals surface area contributed by atoms with Gasteiger partial charge in [-0.15, -0.1) is 11.3 Å². The Bertz CT molecular complexity index is 753. The summed E-state index contributed by atoms with van der Waals surface area (Å²) in [4.78, 5) is 26.4. The second kappa shape index (κ2) is 6.42. The number of carboxylic acid groups (broad SMARTS) is 1. The molecule has 0 aliphatic carbocycles. The van der Waals surface area contributed by atoms with E-state index in [0.717, 1.165) is 21.8 Å². The first-order valence-electron chi connectivity index (χ1n) is 7.38. The standard InChI is InChI=1S/C17H17NO4S/c1-18(8-4-7-15(19)20)17(21)14-9-11-10-22-13-6-3-2-5-12(13)16(11)23-14/h2-3,5-6,9H,4,7-8,10H2,1H3,(H,19,20). The predicted octanol–water partition coefficient (Wildman–Crippen LogP) is 3.24. The van der Waals surface area contributed by atoms with Gasteiger partial charge in [-0.3, -0.25) is 9.59 Å². The first kappa shape index (κ1) is 15.6. The molecule has 1 N–H and O–H groups in total. The van der Waals surface area contributed by atoms with Gasteiger partial charge >= 0.3 is 5.97 Å². The average molecular weight is 331 g/mol. The Labute approximate surface area is 138 Å². The van der Waals surface area contributed by atoms with E-state index in [0.29, 0.717) is 24.4 Å². The number of hydrogen-bond acceptors (Lipinski definition) is 4. The van der Waals surface area contributed by atoms with E-state index in [1.54, 1.807) is 11.9 Å². The van der Waals surface area contributed by atoms with E-state index in [4.69, 9.17) is 9.84 Å². The van der Waals surface area contributed by atoms with E-state index in [-0.39, 0.29) is 12.3 Å². The van der Waals surface area contributed by atoms with Gasteiger partial charge in [-0.2, -0.15) is 0 Å². The molecule has 1 amide bonds. The van der Waals surface area contributed by atoms with Crippen molar-refractivity contribution in [2.75, 3.05) is 13.6 Å². The number of fused-ring (bicyclic) bond motifs is 3. The van der Waals surface area contributed by atoms with Gasteiger partial charge in [0.2, 0.25) is 0 Å². The summed E-state index contributed by atoms with van der Waals surface area (Å²) in [6.45, 7) is 0.902. The van der Waals surface area contributed by atoms with Gasteiger partial charge in [0.25, 0.3) is 5.91 Å². The third-order valence-corrected chi connectivity index (χ3v) is 4.96. The van der Waals surface area contributed by atoms with Crippen LogP contribution in [-0.2, 0) is 11.4 Å². The number of benzene rings is 1. The van der Waals surface area contributed by atoms with Crippen LogP contribution in [0.5, 0.6) is 5.75 Å². The fourth-order valence-electron chi connectivity index (χ4n) is 2.56. The van der Waals surface area contributed by atoms with Crippen LogP contribution < -0.4 is 4.74 Å². The predicted molar refractivity (Wildman–Crippen MR) is 87.9 cm³/mol. The molecule has 1 aromatic heterocycles. The Morgan fingerprint density at radius 1 is 1.35 bits per heavy atom. The maximum Gasteiger partial charge on any atom is 0.303 e. The highest BCUT2D eigenvalue weighted by molar-refractivity contribution is 7.17. The molecule has 0 bridgehead atoms. The van der Waals surface area contributed by atoms with Crippen molar-refractivity contribution in [3.63, 3.8) is 0 Å². The number of hydrogen-bond donors (Lipinski definition) is 1. The quantitative estimate of drug-likeness (QED) is 0.913. The molecule has 120 valence electrons. The molecular formula is C17H17NO4S. The highest BCUT2D eigenvalue weighted by Crippen LogP contribution is 2.42. The van der Waals surface area contributed by atoms with Crippen LogP contribution in [0.3, 0.4) is 0 Å². The summed E-state index contributed by atoms with van der Waals surface area (Å²) in [6, 6.07) is 9.69. The largest absolute Gasteiger partial charge is 0.488 e. The zero-order chi connectivity index (χ0) is 16.4. The van der Waals surface area contributed by atoms with E-state index in [1.165, 1.54) is 11.3 Å². The number of ether oxygens (including phenoxy) is 1. The third-order valence-electron chi connectivity index (χ3n) is 3.77. The molecule has 2 aromatic rings. The van der Waals surface area contributed by atoms with Crippen molar-refractivity contribution >= 4 is 23.2 Å². The lowest BCUT2D eigenvalue weighted by Gasteiger charge is -2.16. The summed E-state index contributed by atoms with van der Waals surface area (Å²) < 4.78 is 5.71. The fourth-order valence-corrected chi connectivity index (χ4v) is 3.75. The number of nitrogens with zero attached hydrogens (tertiary/aromatic N) is 1. The average Bonchev–Trinajstić information content (AvgIpc) is 2.98. The van der Waals surface area contributed by atoms with Crippen LogP contribution in [0.4, 0.5) is 0 Å². The summed E-state index contributed by atoms with van der Waals surface area (Å²) in [5.41, 5.74) is 2.04. The molecule has 1 aromatic carbocycles. The second-order valence-electron chi connectivity index (χ2n) is 5.47. The molecule has 0 unspecified atom stereocenters. The molecule has 0 radical (unpaired) electrons. The molecule has 23 heavy (non-hydrogen) atoms. The molecule has 0 fully saturated rings. The molecule has 0 saturated heterocycles. The van der Waals surface area contributed by atoms with Gasteiger partial charge < -0.3 is 14.7 Å². The molecule has 0 atom stereocenters. The number of rotatable bonds is 5. The number of carbonyl (C=O) groups is 2. The first-order valence-corrected chi connectivity index (χ1v) is 8.20. The SMILES string of the molecule is CN(CCCC(=O)O)C(=O)c1cc2c(s1)-c1ccccc1OC2. The number of aliphatic carboxylic acids is 1. The van der Waals surface area contributed by atoms with Crippen molar-refractivity contribution in [2.45, 2.75) is 19.4 Å². The summed E-state index contributed by atoms with van der Waals surface area (Å²) in [5.74, 6) is -0.0749. The van der Waals surface area contributed by atoms with Crippen molar-refractivity contribution < 1.29 is 19.4 Å². The molecule has 1 aliphatic rings. The van der Waals surface area contributed by atoms with Gasteiger partial charge in [-0.25, -0.2) is 0 Å². The minimum absolute atomic E-state index is 0.0692. The zero-order valence-corrected chi connectivity index (χ0v) is 13.6. The van der Waals surface area contributed by atoms with Crippen molar-refractivity contribution in [3.05, 3.63) is 40.8 Å². The smallest absolute Gasteiger partial charge is 0.303 e. The summed E-state index contributed by atoms with van der Waals surface area (Å²) in [7, 11) is 1.70. The van der Waals surface area contributed by atoms with Crippen LogP contribution in [0, 0.1) is 0 Å². The van der Waals surface area contributed by atoms with Crippen LogP contribution in [0.2, 0.25) is 0 Å². The molecule has 1 aliphatic heterocycles. The molecular weight excluding hydrogens is 314 g/mol. The lowest BCUT2D eigenvalue weighted by atomic mass is 10.1. The van der Waals surface area contributed by atoms with Crippen LogP contribution in [0.25, 0.3) is 10.4 Å². The molecule has 3 rings (SSSR count). The lowest BCUT2D eigenvalue weighted by molar-refractivity contribution is -0.137. The highest BCUT2D eigenvalue weighted by atomic mass is 32.1. The van der Waals surface area contributed by atoms with Crippen LogP contribution in [0.1, 0.15) is 28.1 Å². The number of para-hydroxylation sites is 1. The van der Waals surface area contributed by atoms with Crippen LogP contribution in [-0.4, -0.2) is 35.5 Å². The minimum atomic E-state index is -0.841. The van der Waals surface area contributed by atoms with Crippen molar-refractivity contribution in [3.8, 4) is 16.2 Å². The summed E-state index contributed by atoms with van der Waals surface area (Å²) >= 11 is 1.47. The summed E-state index contributed by atoms with van der Waals surface area (Å²) in [6.07, 6.45) is 0.522. The van der Waals surface area contributed by atoms with E-state index >= 15 is 0 Å². The third kappa shape index (κ3) is 3.22. The zero-order valence-electron chi connectivity index (χ0n) is 12.7. The molecule has 6 heteroatoms. The monoisotopic (exact) mass is 331 g/mol. The van der Waals surface area contributed by atoms with Gasteiger partial charge in [-0.1, -0.05) is 12.1 Å². The Morgan fingerprint density at radius 2 is 2.13 bits per heavy atom. The second-order valence-corrected chi connectivity index (χ2v) is 6.53. The lowest BCUT2D eigenvalue weighted by Crippen LogP contribution is -2.27. The minimum Gasteiger partial charge on any atom is -0.488 e. The number of carbonyl (C=O) groups excluding carboxylic acids is 1. The molecule has 0 saturated carbocycles. The summed E-state index contributed by atoms with van der Waals surface area (Å²) in [5, 5.41) is 8.67. The van der Waals surface area contributed by atoms with Gasteiger partial charge in [-0.05, 0) is 24.6 Å². The fraction of sp³-hybridized carbons (Fsp3) is 0.294. The topological polar surface area (TPSA) is 66.8 Å². The normalized spacial score (nSPS) is 12.0. The van der Waals surface area contributed by atoms with E-state index in [9.17, 15) is 9.59 Å². The number of carboxylic acids is 1. The van der Waals surface area contributed by atoms with Crippen molar-refractivity contribution in [1.82, 2.24) is 4.90 Å². The Kier molecular flexibility index (Phi) is 4.34. The van der Waals surface area contributed by atoms with Gasteiger partial charge in [0.15, 0.2) is 0 Å². The Morgan fingerprint density at radius 3 is 2.91 bits per heavy atom. The number of thiophene rings is 1. The van der Waals surface area contributed by atoms with Gasteiger partial charge in [0, 0.05) is 36.0 Å². The Hall–Kier alpha value is -2.34. The van der Waals surface area contributed by atoms with E-state index in [2.05, 4.69) is 0 Å². The van der Waals surface area contributed by atoms with E-state index in [1.807, 2.05) is 30.3 Å². The highest BCUT2D eigenvalue weighted by Gasteiger charge is 2.23. The maximum absolute atomic E-state index is 12.5. The number of amides is 1. The first-order chi connectivity index (χ1) is 11.1. The van der Waals surface area contributed by atoms with Crippen LogP contribution >= 0.6 is 11.3 Å². The molecule has 0 spiro atoms. The maximum atomic E-state index is 12.5. The van der Waals surface area contributed by atoms with Crippen LogP contribution in [0.15, 0.2) is 30.3 Å². The van der Waals surface area contributed by atoms with Gasteiger partial charge in [0.1, 0.15) is 12.4 Å². The Balaban J connectivity index is 1.77. The van der Waals surface area contributed by atoms with Crippen molar-refractivity contribution in [1.29, 1.82) is 0 Å². The van der Waals surface area contributed by atoms with E-state index < -0.39 is 5.97 Å². The van der Waals surface area contributed by atoms with Gasteiger partial charge in [0.05, 0.1) is 4.88 Å².